The second-order valence-corrected chi connectivity index (χ2v) is 6.00. The van der Waals surface area contributed by atoms with E-state index in [9.17, 15) is 9.90 Å². The van der Waals surface area contributed by atoms with Gasteiger partial charge in [0.25, 0.3) is 0 Å². The van der Waals surface area contributed by atoms with Crippen molar-refractivity contribution in [2.24, 2.45) is 17.8 Å². The van der Waals surface area contributed by atoms with E-state index in [0.717, 1.165) is 25.7 Å². The van der Waals surface area contributed by atoms with E-state index in [0.29, 0.717) is 24.3 Å². The van der Waals surface area contributed by atoms with Crippen LogP contribution in [0, 0.1) is 17.8 Å². The van der Waals surface area contributed by atoms with Gasteiger partial charge in [-0.15, -0.1) is 6.58 Å². The molecule has 0 aromatic carbocycles. The Kier molecular flexibility index (Phi) is 4.69. The van der Waals surface area contributed by atoms with Gasteiger partial charge in [0.1, 0.15) is 0 Å². The molecule has 2 fully saturated rings. The first-order chi connectivity index (χ1) is 9.58. The Morgan fingerprint density at radius 1 is 1.35 bits per heavy atom. The lowest BCUT2D eigenvalue weighted by Crippen LogP contribution is -2.41. The monoisotopic (exact) mass is 275 g/mol. The predicted molar refractivity (Wildman–Crippen MR) is 81.6 cm³/mol. The molecule has 110 valence electrons. The minimum absolute atomic E-state index is 0.202. The van der Waals surface area contributed by atoms with Gasteiger partial charge in [-0.1, -0.05) is 38.2 Å². The first-order valence-electron chi connectivity index (χ1n) is 7.54. The molecule has 0 radical (unpaired) electrons. The van der Waals surface area contributed by atoms with Crippen LogP contribution < -0.4 is 0 Å². The number of nitrogens with zero attached hydrogens (tertiary/aromatic N) is 1. The van der Waals surface area contributed by atoms with Crippen molar-refractivity contribution >= 4 is 6.09 Å². The zero-order chi connectivity index (χ0) is 14.7. The van der Waals surface area contributed by atoms with Crippen molar-refractivity contribution in [3.63, 3.8) is 0 Å². The van der Waals surface area contributed by atoms with E-state index in [2.05, 4.69) is 26.2 Å². The third-order valence-corrected chi connectivity index (χ3v) is 4.87. The SMILES string of the molecule is C=C/C(=C\C(C)C=C)C1CCC[C@@H]2C1CCN2C(=O)O. The number of carbonyl (C=O) groups is 1. The molecule has 1 aliphatic carbocycles. The lowest BCUT2D eigenvalue weighted by molar-refractivity contribution is 0.115. The molecule has 3 nitrogen and oxygen atoms in total. The van der Waals surface area contributed by atoms with E-state index in [-0.39, 0.29) is 6.04 Å². The van der Waals surface area contributed by atoms with Crippen LogP contribution in [-0.4, -0.2) is 28.7 Å². The van der Waals surface area contributed by atoms with E-state index < -0.39 is 6.09 Å². The topological polar surface area (TPSA) is 40.5 Å². The highest BCUT2D eigenvalue weighted by Gasteiger charge is 2.43. The Hall–Kier alpha value is -1.51. The molecule has 1 N–H and O–H groups in total. The van der Waals surface area contributed by atoms with Crippen molar-refractivity contribution in [1.29, 1.82) is 0 Å². The Labute approximate surface area is 121 Å². The summed E-state index contributed by atoms with van der Waals surface area (Å²) in [5.41, 5.74) is 1.28. The predicted octanol–water partition coefficient (Wildman–Crippen LogP) is 4.09. The summed E-state index contributed by atoms with van der Waals surface area (Å²) in [6, 6.07) is 0.202. The Morgan fingerprint density at radius 3 is 2.70 bits per heavy atom. The van der Waals surface area contributed by atoms with Gasteiger partial charge in [0.05, 0.1) is 0 Å². The van der Waals surface area contributed by atoms with Gasteiger partial charge in [-0.25, -0.2) is 4.79 Å². The molecule has 2 aliphatic rings. The standard InChI is InChI=1S/C17H25NO2/c1-4-12(3)11-13(5-2)14-7-6-8-16-15(14)9-10-18(16)17(19)20/h4-5,11-12,14-16H,1-2,6-10H2,3H3,(H,19,20)/b13-11+/t12?,14?,15?,16-/m1/s1. The van der Waals surface area contributed by atoms with E-state index >= 15 is 0 Å². The highest BCUT2D eigenvalue weighted by Crippen LogP contribution is 2.43. The summed E-state index contributed by atoms with van der Waals surface area (Å²) in [6.07, 6.45) is 9.60. The van der Waals surface area contributed by atoms with Gasteiger partial charge in [0.2, 0.25) is 0 Å². The maximum absolute atomic E-state index is 11.3. The molecule has 1 saturated carbocycles. The molecule has 3 unspecified atom stereocenters. The lowest BCUT2D eigenvalue weighted by Gasteiger charge is -2.37. The minimum Gasteiger partial charge on any atom is -0.465 e. The molecule has 0 bridgehead atoms. The summed E-state index contributed by atoms with van der Waals surface area (Å²) in [4.78, 5) is 13.0. The summed E-state index contributed by atoms with van der Waals surface area (Å²) in [5.74, 6) is 1.25. The van der Waals surface area contributed by atoms with E-state index in [4.69, 9.17) is 0 Å². The maximum Gasteiger partial charge on any atom is 0.407 e. The Morgan fingerprint density at radius 2 is 2.10 bits per heavy atom. The first-order valence-corrected chi connectivity index (χ1v) is 7.54. The van der Waals surface area contributed by atoms with Crippen molar-refractivity contribution in [2.45, 2.75) is 38.6 Å². The summed E-state index contributed by atoms with van der Waals surface area (Å²) >= 11 is 0. The molecular formula is C17H25NO2. The fourth-order valence-corrected chi connectivity index (χ4v) is 3.84. The van der Waals surface area contributed by atoms with Crippen LogP contribution in [0.3, 0.4) is 0 Å². The number of carboxylic acid groups (broad SMARTS) is 1. The number of likely N-dealkylation sites (tertiary alicyclic amines) is 1. The molecule has 0 aromatic rings. The third-order valence-electron chi connectivity index (χ3n) is 4.87. The quantitative estimate of drug-likeness (QED) is 0.620. The summed E-state index contributed by atoms with van der Waals surface area (Å²) in [5, 5.41) is 9.30. The Bertz CT molecular complexity index is 427. The van der Waals surface area contributed by atoms with Crippen LogP contribution >= 0.6 is 0 Å². The largest absolute Gasteiger partial charge is 0.465 e. The molecule has 4 atom stereocenters. The number of amides is 1. The van der Waals surface area contributed by atoms with Crippen molar-refractivity contribution in [1.82, 2.24) is 4.90 Å². The van der Waals surface area contributed by atoms with Gasteiger partial charge in [0.15, 0.2) is 0 Å². The van der Waals surface area contributed by atoms with Crippen LogP contribution in [0.5, 0.6) is 0 Å². The minimum atomic E-state index is -0.762. The average Bonchev–Trinajstić information content (AvgIpc) is 2.88. The number of allylic oxidation sites excluding steroid dienone is 4. The van der Waals surface area contributed by atoms with Gasteiger partial charge >= 0.3 is 6.09 Å². The number of hydrogen-bond acceptors (Lipinski definition) is 1. The zero-order valence-corrected chi connectivity index (χ0v) is 12.3. The second kappa shape index (κ2) is 6.29. The van der Waals surface area contributed by atoms with Gasteiger partial charge in [-0.3, -0.25) is 0 Å². The normalized spacial score (nSPS) is 31.6. The second-order valence-electron chi connectivity index (χ2n) is 6.00. The van der Waals surface area contributed by atoms with E-state index in [1.54, 1.807) is 4.90 Å². The fraction of sp³-hybridized carbons (Fsp3) is 0.588. The van der Waals surface area contributed by atoms with Crippen molar-refractivity contribution in [3.8, 4) is 0 Å². The molecule has 2 rings (SSSR count). The molecule has 0 aromatic heterocycles. The van der Waals surface area contributed by atoms with Crippen LogP contribution in [0.15, 0.2) is 37.0 Å². The molecule has 1 aliphatic heterocycles. The fourth-order valence-electron chi connectivity index (χ4n) is 3.84. The van der Waals surface area contributed by atoms with Crippen LogP contribution in [0.4, 0.5) is 4.79 Å². The lowest BCUT2D eigenvalue weighted by atomic mass is 9.72. The average molecular weight is 275 g/mol. The summed E-state index contributed by atoms with van der Waals surface area (Å²) in [7, 11) is 0. The van der Waals surface area contributed by atoms with Crippen molar-refractivity contribution < 1.29 is 9.90 Å². The van der Waals surface area contributed by atoms with Crippen LogP contribution in [0.2, 0.25) is 0 Å². The van der Waals surface area contributed by atoms with Gasteiger partial charge in [0, 0.05) is 12.6 Å². The Balaban J connectivity index is 2.20. The zero-order valence-electron chi connectivity index (χ0n) is 12.3. The first kappa shape index (κ1) is 14.9. The smallest absolute Gasteiger partial charge is 0.407 e. The van der Waals surface area contributed by atoms with Crippen molar-refractivity contribution in [3.05, 3.63) is 37.0 Å². The molecule has 0 spiro atoms. The van der Waals surface area contributed by atoms with Gasteiger partial charge in [-0.05, 0) is 42.6 Å². The van der Waals surface area contributed by atoms with Crippen LogP contribution in [0.25, 0.3) is 0 Å². The van der Waals surface area contributed by atoms with Crippen molar-refractivity contribution in [2.75, 3.05) is 6.54 Å². The molecule has 1 heterocycles. The van der Waals surface area contributed by atoms with E-state index in [1.807, 2.05) is 12.2 Å². The number of hydrogen-bond donors (Lipinski definition) is 1. The van der Waals surface area contributed by atoms with Crippen LogP contribution in [-0.2, 0) is 0 Å². The third kappa shape index (κ3) is 2.82. The maximum atomic E-state index is 11.3. The molecular weight excluding hydrogens is 250 g/mol. The summed E-state index contributed by atoms with van der Waals surface area (Å²) in [6.45, 7) is 10.6. The molecule has 1 saturated heterocycles. The molecule has 3 heteroatoms. The molecule has 20 heavy (non-hydrogen) atoms. The van der Waals surface area contributed by atoms with Crippen LogP contribution in [0.1, 0.15) is 32.6 Å². The number of rotatable bonds is 4. The number of fused-ring (bicyclic) bond motifs is 1. The van der Waals surface area contributed by atoms with E-state index in [1.165, 1.54) is 5.57 Å². The summed E-state index contributed by atoms with van der Waals surface area (Å²) < 4.78 is 0. The highest BCUT2D eigenvalue weighted by atomic mass is 16.4. The highest BCUT2D eigenvalue weighted by molar-refractivity contribution is 5.66. The molecule has 1 amide bonds. The van der Waals surface area contributed by atoms with Gasteiger partial charge in [-0.2, -0.15) is 0 Å². The van der Waals surface area contributed by atoms with Gasteiger partial charge < -0.3 is 10.0 Å².